The van der Waals surface area contributed by atoms with Crippen LogP contribution >= 0.6 is 11.6 Å². The Morgan fingerprint density at radius 2 is 1.95 bits per heavy atom. The van der Waals surface area contributed by atoms with E-state index in [2.05, 4.69) is 15.2 Å². The lowest BCUT2D eigenvalue weighted by Gasteiger charge is -2.06. The first-order chi connectivity index (χ1) is 9.06. The monoisotopic (exact) mass is 273 g/mol. The molecule has 0 amide bonds. The molecule has 0 atom stereocenters. The number of hydrogen-bond acceptors (Lipinski definition) is 4. The lowest BCUT2D eigenvalue weighted by molar-refractivity contribution is 1.02. The third-order valence-corrected chi connectivity index (χ3v) is 3.25. The van der Waals surface area contributed by atoms with Crippen molar-refractivity contribution in [1.82, 2.24) is 19.6 Å². The van der Waals surface area contributed by atoms with Crippen LogP contribution in [0.25, 0.3) is 17.2 Å². The Hall–Kier alpha value is -2.14. The molecular weight excluding hydrogens is 262 g/mol. The van der Waals surface area contributed by atoms with E-state index >= 15 is 0 Å². The van der Waals surface area contributed by atoms with E-state index in [1.165, 1.54) is 0 Å². The number of nitrogens with two attached hydrogens (primary N) is 1. The highest BCUT2D eigenvalue weighted by Crippen LogP contribution is 2.29. The van der Waals surface area contributed by atoms with Crippen LogP contribution < -0.4 is 5.73 Å². The number of halogens is 1. The van der Waals surface area contributed by atoms with Gasteiger partial charge in [-0.25, -0.2) is 4.98 Å². The van der Waals surface area contributed by atoms with Gasteiger partial charge in [-0.3, -0.25) is 4.40 Å². The van der Waals surface area contributed by atoms with Gasteiger partial charge in [0.2, 0.25) is 0 Å². The van der Waals surface area contributed by atoms with Crippen molar-refractivity contribution in [3.63, 3.8) is 0 Å². The van der Waals surface area contributed by atoms with E-state index in [4.69, 9.17) is 17.3 Å². The molecule has 0 aliphatic rings. The summed E-state index contributed by atoms with van der Waals surface area (Å²) in [6.45, 7) is 3.91. The molecule has 0 unspecified atom stereocenters. The average Bonchev–Trinajstić information content (AvgIpc) is 2.76. The summed E-state index contributed by atoms with van der Waals surface area (Å²) in [4.78, 5) is 4.35. The molecule has 6 heteroatoms. The number of fused-ring (bicyclic) bond motifs is 1. The van der Waals surface area contributed by atoms with E-state index in [1.54, 1.807) is 18.2 Å². The number of nitrogen functional groups attached to an aromatic ring is 1. The van der Waals surface area contributed by atoms with Gasteiger partial charge in [-0.1, -0.05) is 11.6 Å². The first kappa shape index (κ1) is 11.9. The van der Waals surface area contributed by atoms with Crippen molar-refractivity contribution < 1.29 is 0 Å². The zero-order chi connectivity index (χ0) is 13.6. The van der Waals surface area contributed by atoms with Gasteiger partial charge in [0.1, 0.15) is 0 Å². The Morgan fingerprint density at radius 1 is 1.16 bits per heavy atom. The lowest BCUT2D eigenvalue weighted by atomic mass is 10.2. The van der Waals surface area contributed by atoms with Crippen LogP contribution in [0.15, 0.2) is 24.3 Å². The van der Waals surface area contributed by atoms with Gasteiger partial charge in [-0.05, 0) is 38.1 Å². The van der Waals surface area contributed by atoms with Crippen molar-refractivity contribution in [2.75, 3.05) is 5.73 Å². The highest BCUT2D eigenvalue weighted by Gasteiger charge is 2.14. The molecule has 0 saturated carbocycles. The fourth-order valence-corrected chi connectivity index (χ4v) is 2.32. The molecule has 19 heavy (non-hydrogen) atoms. The van der Waals surface area contributed by atoms with Crippen LogP contribution in [0.2, 0.25) is 5.02 Å². The second-order valence-corrected chi connectivity index (χ2v) is 4.84. The second kappa shape index (κ2) is 4.20. The molecule has 2 heterocycles. The number of nitrogens with zero attached hydrogens (tertiary/aromatic N) is 4. The molecule has 0 fully saturated rings. The number of aryl methyl sites for hydroxylation is 2. The highest BCUT2D eigenvalue weighted by atomic mass is 35.5. The number of anilines is 1. The Morgan fingerprint density at radius 3 is 2.74 bits per heavy atom. The maximum Gasteiger partial charge on any atom is 0.255 e. The molecule has 0 radical (unpaired) electrons. The number of benzene rings is 1. The normalized spacial score (nSPS) is 11.1. The van der Waals surface area contributed by atoms with Crippen LogP contribution in [0, 0.1) is 13.8 Å². The van der Waals surface area contributed by atoms with Gasteiger partial charge in [0.25, 0.3) is 5.78 Å². The molecule has 5 nitrogen and oxygen atoms in total. The molecule has 1 aromatic carbocycles. The third kappa shape index (κ3) is 1.92. The van der Waals surface area contributed by atoms with Crippen LogP contribution in [0.4, 0.5) is 5.69 Å². The van der Waals surface area contributed by atoms with Crippen LogP contribution in [-0.2, 0) is 0 Å². The SMILES string of the molecule is Cc1cc(C)n2c(-c3cc(N)ccc3Cl)nnc2n1. The van der Waals surface area contributed by atoms with Crippen molar-refractivity contribution >= 4 is 23.1 Å². The van der Waals surface area contributed by atoms with Gasteiger partial charge in [-0.2, -0.15) is 0 Å². The first-order valence-electron chi connectivity index (χ1n) is 5.81. The molecule has 0 bridgehead atoms. The van der Waals surface area contributed by atoms with E-state index in [9.17, 15) is 0 Å². The summed E-state index contributed by atoms with van der Waals surface area (Å²) in [5.41, 5.74) is 9.10. The molecule has 3 rings (SSSR count). The van der Waals surface area contributed by atoms with E-state index in [-0.39, 0.29) is 0 Å². The molecule has 0 aliphatic heterocycles. The molecular formula is C13H12ClN5. The smallest absolute Gasteiger partial charge is 0.255 e. The van der Waals surface area contributed by atoms with E-state index in [0.29, 0.717) is 22.3 Å². The fourth-order valence-electron chi connectivity index (χ4n) is 2.12. The van der Waals surface area contributed by atoms with Gasteiger partial charge in [-0.15, -0.1) is 10.2 Å². The van der Waals surface area contributed by atoms with Crippen LogP contribution in [0.5, 0.6) is 0 Å². The maximum absolute atomic E-state index is 6.21. The second-order valence-electron chi connectivity index (χ2n) is 4.44. The molecule has 0 saturated heterocycles. The molecule has 0 spiro atoms. The topological polar surface area (TPSA) is 69.1 Å². The number of hydrogen-bond donors (Lipinski definition) is 1. The van der Waals surface area contributed by atoms with Gasteiger partial charge in [0.05, 0.1) is 5.02 Å². The summed E-state index contributed by atoms with van der Waals surface area (Å²) in [6.07, 6.45) is 0. The molecule has 3 aromatic rings. The predicted molar refractivity (Wildman–Crippen MR) is 75.1 cm³/mol. The minimum absolute atomic E-state index is 0.561. The predicted octanol–water partition coefficient (Wildman–Crippen LogP) is 2.64. The van der Waals surface area contributed by atoms with E-state index < -0.39 is 0 Å². The summed E-state index contributed by atoms with van der Waals surface area (Å²) in [5.74, 6) is 1.21. The summed E-state index contributed by atoms with van der Waals surface area (Å²) < 4.78 is 1.87. The van der Waals surface area contributed by atoms with Crippen molar-refractivity contribution in [2.45, 2.75) is 13.8 Å². The maximum atomic E-state index is 6.21. The molecule has 0 aliphatic carbocycles. The zero-order valence-electron chi connectivity index (χ0n) is 10.6. The van der Waals surface area contributed by atoms with Gasteiger partial charge in [0.15, 0.2) is 5.82 Å². The van der Waals surface area contributed by atoms with Crippen LogP contribution in [-0.4, -0.2) is 19.6 Å². The first-order valence-corrected chi connectivity index (χ1v) is 6.19. The van der Waals surface area contributed by atoms with Gasteiger partial charge < -0.3 is 5.73 Å². The molecule has 2 aromatic heterocycles. The quantitative estimate of drug-likeness (QED) is 0.692. The van der Waals surface area contributed by atoms with E-state index in [1.807, 2.05) is 24.3 Å². The Labute approximate surface area is 115 Å². The number of rotatable bonds is 1. The van der Waals surface area contributed by atoms with Crippen LogP contribution in [0.1, 0.15) is 11.4 Å². The Bertz CT molecular complexity index is 778. The highest BCUT2D eigenvalue weighted by molar-refractivity contribution is 6.33. The van der Waals surface area contributed by atoms with Gasteiger partial charge >= 0.3 is 0 Å². The summed E-state index contributed by atoms with van der Waals surface area (Å²) in [7, 11) is 0. The fraction of sp³-hybridized carbons (Fsp3) is 0.154. The summed E-state index contributed by atoms with van der Waals surface area (Å²) >= 11 is 6.21. The summed E-state index contributed by atoms with van der Waals surface area (Å²) in [6, 6.07) is 7.27. The lowest BCUT2D eigenvalue weighted by Crippen LogP contribution is -1.99. The van der Waals surface area contributed by atoms with Crippen molar-refractivity contribution in [1.29, 1.82) is 0 Å². The van der Waals surface area contributed by atoms with Crippen molar-refractivity contribution in [2.24, 2.45) is 0 Å². The van der Waals surface area contributed by atoms with E-state index in [0.717, 1.165) is 17.0 Å². The third-order valence-electron chi connectivity index (χ3n) is 2.92. The minimum atomic E-state index is 0.561. The van der Waals surface area contributed by atoms with Crippen LogP contribution in [0.3, 0.4) is 0 Å². The largest absolute Gasteiger partial charge is 0.399 e. The summed E-state index contributed by atoms with van der Waals surface area (Å²) in [5, 5.41) is 8.86. The average molecular weight is 274 g/mol. The minimum Gasteiger partial charge on any atom is -0.399 e. The Kier molecular flexibility index (Phi) is 2.64. The number of aromatic nitrogens is 4. The Balaban J connectivity index is 2.34. The van der Waals surface area contributed by atoms with Crippen molar-refractivity contribution in [3.05, 3.63) is 40.7 Å². The standard InChI is InChI=1S/C13H12ClN5/c1-7-5-8(2)19-12(17-18-13(19)16-7)10-6-9(15)3-4-11(10)14/h3-6H,15H2,1-2H3. The molecule has 96 valence electrons. The zero-order valence-corrected chi connectivity index (χ0v) is 11.3. The van der Waals surface area contributed by atoms with Gasteiger partial charge in [0, 0.05) is 22.6 Å². The molecule has 2 N–H and O–H groups in total. The van der Waals surface area contributed by atoms with Crippen molar-refractivity contribution in [3.8, 4) is 11.4 Å².